The molecule has 1 aliphatic heterocycles. The van der Waals surface area contributed by atoms with Gasteiger partial charge in [-0.15, -0.1) is 0 Å². The van der Waals surface area contributed by atoms with Crippen LogP contribution in [0.2, 0.25) is 5.02 Å². The number of nitrogens with zero attached hydrogens (tertiary/aromatic N) is 1. The summed E-state index contributed by atoms with van der Waals surface area (Å²) in [6, 6.07) is 11.6. The molecular formula is C18H22ClN4O5S2+. The van der Waals surface area contributed by atoms with Crippen LogP contribution in [0.15, 0.2) is 58.3 Å². The van der Waals surface area contributed by atoms with Crippen LogP contribution in [-0.2, 0) is 24.8 Å². The summed E-state index contributed by atoms with van der Waals surface area (Å²) in [6.45, 7) is 1.76. The summed E-state index contributed by atoms with van der Waals surface area (Å²) in [7, 11) is -7.38. The first-order valence-electron chi connectivity index (χ1n) is 9.08. The number of quaternary nitrogens is 1. The van der Waals surface area contributed by atoms with Gasteiger partial charge in [0.1, 0.15) is 0 Å². The maximum atomic E-state index is 12.7. The van der Waals surface area contributed by atoms with Gasteiger partial charge in [0.15, 0.2) is 6.54 Å². The molecular weight excluding hydrogens is 452 g/mol. The van der Waals surface area contributed by atoms with Crippen LogP contribution in [0.4, 0.5) is 5.69 Å². The fraction of sp³-hybridized carbons (Fsp3) is 0.278. The summed E-state index contributed by atoms with van der Waals surface area (Å²) in [4.78, 5) is 13.4. The van der Waals surface area contributed by atoms with Crippen LogP contribution < -0.4 is 15.4 Å². The van der Waals surface area contributed by atoms with Crippen molar-refractivity contribution in [3.05, 3.63) is 53.6 Å². The van der Waals surface area contributed by atoms with E-state index in [0.29, 0.717) is 36.9 Å². The monoisotopic (exact) mass is 473 g/mol. The van der Waals surface area contributed by atoms with Gasteiger partial charge in [0.25, 0.3) is 5.91 Å². The number of piperazine rings is 1. The molecule has 2 aromatic carbocycles. The predicted molar refractivity (Wildman–Crippen MR) is 112 cm³/mol. The van der Waals surface area contributed by atoms with Crippen molar-refractivity contribution in [2.75, 3.05) is 38.0 Å². The predicted octanol–water partition coefficient (Wildman–Crippen LogP) is -0.485. The fourth-order valence-electron chi connectivity index (χ4n) is 3.14. The number of anilines is 1. The number of halogens is 1. The maximum Gasteiger partial charge on any atom is 0.279 e. The van der Waals surface area contributed by atoms with Gasteiger partial charge in [-0.3, -0.25) is 4.79 Å². The minimum Gasteiger partial charge on any atom is -0.325 e. The number of nitrogens with two attached hydrogens (primary N) is 1. The maximum absolute atomic E-state index is 12.7. The molecule has 4 N–H and O–H groups in total. The molecule has 0 atom stereocenters. The van der Waals surface area contributed by atoms with Crippen LogP contribution in [0.1, 0.15) is 0 Å². The highest BCUT2D eigenvalue weighted by molar-refractivity contribution is 7.89. The summed E-state index contributed by atoms with van der Waals surface area (Å²) in [5, 5.41) is 8.21. The Morgan fingerprint density at radius 1 is 0.967 bits per heavy atom. The fourth-order valence-corrected chi connectivity index (χ4v) is 5.22. The van der Waals surface area contributed by atoms with Crippen molar-refractivity contribution in [3.63, 3.8) is 0 Å². The van der Waals surface area contributed by atoms with Gasteiger partial charge in [0.05, 0.1) is 36.0 Å². The zero-order valence-electron chi connectivity index (χ0n) is 15.9. The molecule has 0 bridgehead atoms. The van der Waals surface area contributed by atoms with Gasteiger partial charge in [-0.1, -0.05) is 11.6 Å². The molecule has 30 heavy (non-hydrogen) atoms. The highest BCUT2D eigenvalue weighted by atomic mass is 35.5. The second-order valence-corrected chi connectivity index (χ2v) is 10.8. The third kappa shape index (κ3) is 5.56. The molecule has 9 nitrogen and oxygen atoms in total. The lowest BCUT2D eigenvalue weighted by Crippen LogP contribution is -3.15. The van der Waals surface area contributed by atoms with Crippen LogP contribution >= 0.6 is 11.6 Å². The van der Waals surface area contributed by atoms with E-state index in [1.54, 1.807) is 0 Å². The number of nitrogens with one attached hydrogen (secondary N) is 2. The summed E-state index contributed by atoms with van der Waals surface area (Å²) < 4.78 is 49.4. The number of carbonyl (C=O) groups excluding carboxylic acids is 1. The molecule has 1 amide bonds. The number of sulfonamides is 2. The highest BCUT2D eigenvalue weighted by Gasteiger charge is 2.31. The lowest BCUT2D eigenvalue weighted by atomic mass is 10.3. The van der Waals surface area contributed by atoms with Crippen molar-refractivity contribution in [2.45, 2.75) is 9.79 Å². The Balaban J connectivity index is 1.53. The molecule has 1 heterocycles. The molecule has 0 spiro atoms. The average Bonchev–Trinajstić information content (AvgIpc) is 2.68. The molecule has 1 fully saturated rings. The molecule has 0 aromatic heterocycles. The van der Waals surface area contributed by atoms with Crippen molar-refractivity contribution in [2.24, 2.45) is 5.14 Å². The van der Waals surface area contributed by atoms with Crippen LogP contribution in [0.25, 0.3) is 0 Å². The molecule has 0 aliphatic carbocycles. The van der Waals surface area contributed by atoms with Gasteiger partial charge in [-0.25, -0.2) is 22.0 Å². The van der Waals surface area contributed by atoms with Gasteiger partial charge in [-0.05, 0) is 48.5 Å². The third-order valence-corrected chi connectivity index (χ3v) is 7.85. The quantitative estimate of drug-likeness (QED) is 0.521. The largest absolute Gasteiger partial charge is 0.325 e. The molecule has 1 aliphatic rings. The minimum absolute atomic E-state index is 0.0378. The van der Waals surface area contributed by atoms with E-state index in [9.17, 15) is 21.6 Å². The van der Waals surface area contributed by atoms with Gasteiger partial charge in [0.2, 0.25) is 20.0 Å². The van der Waals surface area contributed by atoms with Crippen molar-refractivity contribution in [1.29, 1.82) is 0 Å². The molecule has 162 valence electrons. The topological polar surface area (TPSA) is 131 Å². The van der Waals surface area contributed by atoms with Crippen molar-refractivity contribution < 1.29 is 26.5 Å². The Hall–Kier alpha value is -2.02. The molecule has 2 aromatic rings. The zero-order valence-corrected chi connectivity index (χ0v) is 18.3. The van der Waals surface area contributed by atoms with E-state index < -0.39 is 20.0 Å². The Bertz CT molecular complexity index is 1110. The molecule has 3 rings (SSSR count). The zero-order chi connectivity index (χ0) is 21.9. The summed E-state index contributed by atoms with van der Waals surface area (Å²) in [5.74, 6) is -0.248. The highest BCUT2D eigenvalue weighted by Crippen LogP contribution is 2.18. The molecule has 12 heteroatoms. The second-order valence-electron chi connectivity index (χ2n) is 6.90. The van der Waals surface area contributed by atoms with E-state index >= 15 is 0 Å². The van der Waals surface area contributed by atoms with Crippen LogP contribution in [-0.4, -0.2) is 59.8 Å². The number of amides is 1. The number of primary sulfonamides is 1. The number of carbonyl (C=O) groups is 1. The van der Waals surface area contributed by atoms with Crippen molar-refractivity contribution in [1.82, 2.24) is 4.31 Å². The van der Waals surface area contributed by atoms with Gasteiger partial charge >= 0.3 is 0 Å². The first-order valence-corrected chi connectivity index (χ1v) is 12.4. The van der Waals surface area contributed by atoms with E-state index in [2.05, 4.69) is 5.32 Å². The molecule has 0 radical (unpaired) electrons. The lowest BCUT2D eigenvalue weighted by Gasteiger charge is -2.31. The minimum atomic E-state index is -3.79. The van der Waals surface area contributed by atoms with E-state index in [-0.39, 0.29) is 22.2 Å². The first-order chi connectivity index (χ1) is 14.1. The van der Waals surface area contributed by atoms with Crippen LogP contribution in [0, 0.1) is 0 Å². The SMILES string of the molecule is NS(=O)(=O)c1ccc(NC(=O)C[NH+]2CCN(S(=O)(=O)c3ccc(Cl)cc3)CC2)cc1. The van der Waals surface area contributed by atoms with Gasteiger partial charge in [0, 0.05) is 10.7 Å². The van der Waals surface area contributed by atoms with Gasteiger partial charge < -0.3 is 10.2 Å². The Morgan fingerprint density at radius 2 is 1.50 bits per heavy atom. The van der Waals surface area contributed by atoms with E-state index in [1.165, 1.54) is 52.8 Å². The van der Waals surface area contributed by atoms with Crippen molar-refractivity contribution >= 4 is 43.2 Å². The van der Waals surface area contributed by atoms with E-state index in [0.717, 1.165) is 4.90 Å². The first kappa shape index (κ1) is 22.7. The average molecular weight is 474 g/mol. The Kier molecular flexibility index (Phi) is 6.80. The Morgan fingerprint density at radius 3 is 2.03 bits per heavy atom. The third-order valence-electron chi connectivity index (χ3n) is 4.76. The second kappa shape index (κ2) is 9.00. The standard InChI is InChI=1S/C18H21ClN4O5S2/c19-14-1-5-17(6-2-14)30(27,28)23-11-9-22(10-12-23)13-18(24)21-15-3-7-16(8-4-15)29(20,25)26/h1-8H,9-13H2,(H,21,24)(H2,20,25,26)/p+1. The molecule has 0 saturated carbocycles. The number of benzene rings is 2. The number of rotatable bonds is 6. The summed E-state index contributed by atoms with van der Waals surface area (Å²) in [5.41, 5.74) is 0.454. The van der Waals surface area contributed by atoms with Crippen LogP contribution in [0.5, 0.6) is 0 Å². The normalized spacial score (nSPS) is 16.3. The summed E-state index contributed by atoms with van der Waals surface area (Å²) >= 11 is 5.82. The lowest BCUT2D eigenvalue weighted by molar-refractivity contribution is -0.895. The van der Waals surface area contributed by atoms with E-state index in [4.69, 9.17) is 16.7 Å². The van der Waals surface area contributed by atoms with Crippen LogP contribution in [0.3, 0.4) is 0 Å². The van der Waals surface area contributed by atoms with Gasteiger partial charge in [-0.2, -0.15) is 4.31 Å². The summed E-state index contributed by atoms with van der Waals surface area (Å²) in [6.07, 6.45) is 0. The molecule has 0 unspecified atom stereocenters. The number of hydrogen-bond donors (Lipinski definition) is 3. The number of hydrogen-bond acceptors (Lipinski definition) is 5. The Labute approximate surface area is 180 Å². The smallest absolute Gasteiger partial charge is 0.279 e. The van der Waals surface area contributed by atoms with Crippen molar-refractivity contribution in [3.8, 4) is 0 Å². The van der Waals surface area contributed by atoms with E-state index in [1.807, 2.05) is 0 Å². The molecule has 1 saturated heterocycles.